The molecule has 0 N–H and O–H groups in total. The normalized spacial score (nSPS) is 12.0. The monoisotopic (exact) mass is 150 g/mol. The van der Waals surface area contributed by atoms with E-state index in [1.807, 2.05) is 0 Å². The van der Waals surface area contributed by atoms with Gasteiger partial charge in [0.15, 0.2) is 15.3 Å². The molecule has 0 saturated carbocycles. The van der Waals surface area contributed by atoms with Gasteiger partial charge in [0, 0.05) is 0 Å². The zero-order valence-electron chi connectivity index (χ0n) is 4.30. The van der Waals surface area contributed by atoms with Crippen LogP contribution in [0.4, 0.5) is 0 Å². The fraction of sp³-hybridized carbons (Fsp3) is 0.250. The fourth-order valence-corrected chi connectivity index (χ4v) is 1.40. The van der Waals surface area contributed by atoms with E-state index in [0.29, 0.717) is 0 Å². The van der Waals surface area contributed by atoms with Crippen LogP contribution in [0.15, 0.2) is 16.2 Å². The van der Waals surface area contributed by atoms with Crippen LogP contribution < -0.4 is 5.56 Å². The molecule has 8 heavy (non-hydrogen) atoms. The lowest BCUT2D eigenvalue weighted by atomic mass is 10.7. The number of hydrogen-bond acceptors (Lipinski definition) is 1. The van der Waals surface area contributed by atoms with Crippen LogP contribution in [0.2, 0.25) is 0 Å². The Balaban J connectivity index is 3.41. The lowest BCUT2D eigenvalue weighted by Gasteiger charge is -1.73. The molecule has 1 unspecified atom stereocenters. The third-order valence-electron chi connectivity index (χ3n) is 0.895. The molecule has 1 rings (SSSR count). The minimum absolute atomic E-state index is 0.0108. The quantitative estimate of drug-likeness (QED) is 0.509. The maximum Gasteiger partial charge on any atom is 0.297 e. The highest BCUT2D eigenvalue weighted by Crippen LogP contribution is 2.16. The van der Waals surface area contributed by atoms with Gasteiger partial charge in [-0.3, -0.25) is 4.79 Å². The fourth-order valence-electron chi connectivity index (χ4n) is 0.397. The second kappa shape index (κ2) is 1.91. The van der Waals surface area contributed by atoms with Gasteiger partial charge in [-0.05, 0) is 0 Å². The molecule has 1 aromatic heterocycles. The van der Waals surface area contributed by atoms with Crippen LogP contribution in [0.25, 0.3) is 0 Å². The van der Waals surface area contributed by atoms with Gasteiger partial charge in [0.25, 0.3) is 5.56 Å². The SMILES string of the molecule is Cn1c(=O)cc[s+]1Cl. The molecule has 0 spiro atoms. The first-order chi connectivity index (χ1) is 3.72. The van der Waals surface area contributed by atoms with Gasteiger partial charge < -0.3 is 0 Å². The van der Waals surface area contributed by atoms with Gasteiger partial charge in [0.1, 0.15) is 0 Å². The van der Waals surface area contributed by atoms with Crippen molar-refractivity contribution in [3.8, 4) is 0 Å². The summed E-state index contributed by atoms with van der Waals surface area (Å²) >= 11 is 0. The van der Waals surface area contributed by atoms with Crippen LogP contribution in [0.3, 0.4) is 0 Å². The lowest BCUT2D eigenvalue weighted by Crippen LogP contribution is -2.06. The van der Waals surface area contributed by atoms with E-state index < -0.39 is 9.88 Å². The van der Waals surface area contributed by atoms with Gasteiger partial charge in [-0.2, -0.15) is 0 Å². The second-order valence-electron chi connectivity index (χ2n) is 1.40. The number of rotatable bonds is 0. The highest BCUT2D eigenvalue weighted by molar-refractivity contribution is 7.57. The Morgan fingerprint density at radius 3 is 2.62 bits per heavy atom. The summed E-state index contributed by atoms with van der Waals surface area (Å²) in [5.41, 5.74) is -0.0108. The van der Waals surface area contributed by atoms with E-state index in [0.717, 1.165) is 0 Å². The molecule has 1 atom stereocenters. The molecule has 0 amide bonds. The van der Waals surface area contributed by atoms with Crippen molar-refractivity contribution in [3.63, 3.8) is 0 Å². The largest absolute Gasteiger partial charge is 0.297 e. The maximum absolute atomic E-state index is 10.5. The Morgan fingerprint density at radius 1 is 1.88 bits per heavy atom. The Morgan fingerprint density at radius 2 is 2.50 bits per heavy atom. The molecule has 0 radical (unpaired) electrons. The van der Waals surface area contributed by atoms with E-state index >= 15 is 0 Å². The van der Waals surface area contributed by atoms with Gasteiger partial charge >= 0.3 is 0 Å². The number of halogens is 1. The minimum Gasteiger partial charge on any atom is -0.265 e. The van der Waals surface area contributed by atoms with Crippen molar-refractivity contribution in [2.45, 2.75) is 0 Å². The van der Waals surface area contributed by atoms with Crippen molar-refractivity contribution in [3.05, 3.63) is 21.8 Å². The summed E-state index contributed by atoms with van der Waals surface area (Å²) in [7, 11) is 6.81. The summed E-state index contributed by atoms with van der Waals surface area (Å²) in [4.78, 5) is 10.5. The van der Waals surface area contributed by atoms with E-state index in [-0.39, 0.29) is 5.56 Å². The molecular weight excluding hydrogens is 146 g/mol. The third kappa shape index (κ3) is 0.788. The summed E-state index contributed by atoms with van der Waals surface area (Å²) in [5, 5.41) is 1.68. The Bertz CT molecular complexity index is 238. The second-order valence-corrected chi connectivity index (χ2v) is 3.70. The molecule has 0 aliphatic rings. The predicted octanol–water partition coefficient (Wildman–Crippen LogP) is 1.14. The van der Waals surface area contributed by atoms with Crippen molar-refractivity contribution in [1.82, 2.24) is 3.96 Å². The van der Waals surface area contributed by atoms with Crippen molar-refractivity contribution < 1.29 is 0 Å². The van der Waals surface area contributed by atoms with Gasteiger partial charge in [-0.1, -0.05) is 0 Å². The number of aromatic nitrogens is 1. The number of hydrogen-bond donors (Lipinski definition) is 0. The molecule has 44 valence electrons. The third-order valence-corrected chi connectivity index (χ3v) is 2.89. The summed E-state index contributed by atoms with van der Waals surface area (Å²) in [6.45, 7) is 0. The van der Waals surface area contributed by atoms with Crippen molar-refractivity contribution in [2.24, 2.45) is 7.05 Å². The van der Waals surface area contributed by atoms with Crippen LogP contribution in [0.1, 0.15) is 0 Å². The molecule has 1 aromatic rings. The molecule has 0 fully saturated rings. The molecule has 0 aliphatic heterocycles. The molecule has 0 bridgehead atoms. The zero-order chi connectivity index (χ0) is 6.15. The van der Waals surface area contributed by atoms with Crippen LogP contribution in [0.5, 0.6) is 0 Å². The summed E-state index contributed by atoms with van der Waals surface area (Å²) in [5.74, 6) is 0. The maximum atomic E-state index is 10.5. The molecule has 0 aliphatic carbocycles. The first kappa shape index (κ1) is 5.85. The summed E-state index contributed by atoms with van der Waals surface area (Å²) < 4.78 is 1.49. The average Bonchev–Trinajstić information content (AvgIpc) is 1.98. The highest BCUT2D eigenvalue weighted by Gasteiger charge is 2.05. The smallest absolute Gasteiger partial charge is 0.265 e. The Kier molecular flexibility index (Phi) is 1.40. The van der Waals surface area contributed by atoms with Gasteiger partial charge in [0.05, 0.1) is 13.1 Å². The standard InChI is InChI=1S/C4H5ClNOS/c1-6-4(7)2-3-8(6)5/h2-3H,1H3/q+1. The van der Waals surface area contributed by atoms with Gasteiger partial charge in [-0.15, -0.1) is 3.96 Å². The molecule has 0 aromatic carbocycles. The predicted molar refractivity (Wildman–Crippen MR) is 35.4 cm³/mol. The molecular formula is C4H5ClNOS+. The molecule has 2 nitrogen and oxygen atoms in total. The highest BCUT2D eigenvalue weighted by atomic mass is 35.7. The van der Waals surface area contributed by atoms with E-state index in [4.69, 9.17) is 10.7 Å². The zero-order valence-corrected chi connectivity index (χ0v) is 5.87. The van der Waals surface area contributed by atoms with Crippen molar-refractivity contribution in [2.75, 3.05) is 0 Å². The van der Waals surface area contributed by atoms with Crippen LogP contribution >= 0.6 is 20.6 Å². The van der Waals surface area contributed by atoms with E-state index in [1.54, 1.807) is 12.4 Å². The van der Waals surface area contributed by atoms with Gasteiger partial charge in [-0.25, -0.2) is 0 Å². The van der Waals surface area contributed by atoms with Gasteiger partial charge in [0.2, 0.25) is 10.7 Å². The van der Waals surface area contributed by atoms with E-state index in [9.17, 15) is 4.79 Å². The molecule has 4 heteroatoms. The lowest BCUT2D eigenvalue weighted by molar-refractivity contribution is 0.979. The molecule has 0 saturated heterocycles. The molecule has 1 heterocycles. The first-order valence-corrected chi connectivity index (χ1v) is 4.14. The summed E-state index contributed by atoms with van der Waals surface area (Å²) in [6, 6.07) is 1.48. The van der Waals surface area contributed by atoms with Crippen LogP contribution in [0, 0.1) is 0 Å². The minimum atomic E-state index is -0.472. The first-order valence-electron chi connectivity index (χ1n) is 2.07. The Hall–Kier alpha value is -0.280. The van der Waals surface area contributed by atoms with Crippen molar-refractivity contribution >= 4 is 20.6 Å². The van der Waals surface area contributed by atoms with E-state index in [1.165, 1.54) is 10.0 Å². The van der Waals surface area contributed by atoms with Crippen LogP contribution in [-0.2, 0) is 7.05 Å². The van der Waals surface area contributed by atoms with Crippen molar-refractivity contribution in [1.29, 1.82) is 0 Å². The van der Waals surface area contributed by atoms with Crippen LogP contribution in [-0.4, -0.2) is 3.96 Å². The topological polar surface area (TPSA) is 22.0 Å². The van der Waals surface area contributed by atoms with E-state index in [2.05, 4.69) is 0 Å². The average molecular weight is 151 g/mol. The Labute approximate surface area is 53.9 Å². The number of nitrogens with zero attached hydrogens (tertiary/aromatic N) is 1. The summed E-state index contributed by atoms with van der Waals surface area (Å²) in [6.07, 6.45) is 0.